The summed E-state index contributed by atoms with van der Waals surface area (Å²) in [4.78, 5) is 4.26. The first kappa shape index (κ1) is 13.5. The molecule has 1 aliphatic heterocycles. The Labute approximate surface area is 120 Å². The van der Waals surface area contributed by atoms with Crippen LogP contribution >= 0.6 is 0 Å². The second kappa shape index (κ2) is 4.83. The number of nitrogens with zero attached hydrogens (tertiary/aromatic N) is 4. The van der Waals surface area contributed by atoms with Crippen molar-refractivity contribution >= 4 is 23.3 Å². The number of benzene rings is 1. The standard InChI is InChI=1S/C14H15F2N5/c1-8-7-20-13(6-18-8)14(9(2)19-20)21(16)12-5-10(17)3-4-11(12)15/h3-6,8H,7,17H2,1-2H3/t8-/m1/s1. The highest BCUT2D eigenvalue weighted by molar-refractivity contribution is 5.89. The number of aromatic nitrogens is 2. The van der Waals surface area contributed by atoms with Crippen molar-refractivity contribution in [2.75, 3.05) is 10.9 Å². The van der Waals surface area contributed by atoms with E-state index in [9.17, 15) is 8.87 Å². The van der Waals surface area contributed by atoms with E-state index in [2.05, 4.69) is 10.1 Å². The van der Waals surface area contributed by atoms with Crippen LogP contribution in [-0.4, -0.2) is 22.0 Å². The van der Waals surface area contributed by atoms with Gasteiger partial charge in [0.1, 0.15) is 22.9 Å². The maximum atomic E-state index is 14.7. The van der Waals surface area contributed by atoms with E-state index in [1.54, 1.807) is 17.8 Å². The monoisotopic (exact) mass is 291 g/mol. The number of aliphatic imine (C=N–C) groups is 1. The number of rotatable bonds is 2. The third kappa shape index (κ3) is 2.24. The molecule has 7 heteroatoms. The molecule has 1 atom stereocenters. The maximum absolute atomic E-state index is 14.7. The van der Waals surface area contributed by atoms with Crippen LogP contribution in [0.25, 0.3) is 0 Å². The summed E-state index contributed by atoms with van der Waals surface area (Å²) in [5.41, 5.74) is 6.84. The summed E-state index contributed by atoms with van der Waals surface area (Å²) in [6.07, 6.45) is 1.57. The van der Waals surface area contributed by atoms with E-state index in [1.165, 1.54) is 12.1 Å². The van der Waals surface area contributed by atoms with Gasteiger partial charge < -0.3 is 5.73 Å². The Hall–Kier alpha value is -2.44. The molecule has 3 rings (SSSR count). The highest BCUT2D eigenvalue weighted by atomic mass is 19.2. The van der Waals surface area contributed by atoms with Gasteiger partial charge in [-0.3, -0.25) is 9.67 Å². The molecule has 0 spiro atoms. The highest BCUT2D eigenvalue weighted by Crippen LogP contribution is 2.35. The van der Waals surface area contributed by atoms with E-state index in [0.29, 0.717) is 17.9 Å². The molecule has 1 aliphatic rings. The second-order valence-corrected chi connectivity index (χ2v) is 5.12. The van der Waals surface area contributed by atoms with E-state index in [1.807, 2.05) is 6.92 Å². The highest BCUT2D eigenvalue weighted by Gasteiger charge is 2.25. The zero-order valence-corrected chi connectivity index (χ0v) is 11.7. The van der Waals surface area contributed by atoms with Crippen molar-refractivity contribution in [1.29, 1.82) is 0 Å². The minimum absolute atomic E-state index is 0.0850. The van der Waals surface area contributed by atoms with E-state index in [4.69, 9.17) is 5.73 Å². The summed E-state index contributed by atoms with van der Waals surface area (Å²) in [5, 5.41) is 4.57. The lowest BCUT2D eigenvalue weighted by Gasteiger charge is -2.18. The number of hydrogen-bond acceptors (Lipinski definition) is 4. The Morgan fingerprint density at radius 1 is 1.43 bits per heavy atom. The molecule has 0 unspecified atom stereocenters. The average molecular weight is 291 g/mol. The molecule has 1 aromatic heterocycles. The molecule has 2 N–H and O–H groups in total. The maximum Gasteiger partial charge on any atom is 0.149 e. The van der Waals surface area contributed by atoms with Crippen LogP contribution in [0.2, 0.25) is 0 Å². The first-order chi connectivity index (χ1) is 9.97. The van der Waals surface area contributed by atoms with Crippen molar-refractivity contribution in [1.82, 2.24) is 9.78 Å². The predicted octanol–water partition coefficient (Wildman–Crippen LogP) is 2.76. The van der Waals surface area contributed by atoms with Crippen LogP contribution < -0.4 is 10.9 Å². The van der Waals surface area contributed by atoms with Crippen LogP contribution in [0.3, 0.4) is 0 Å². The molecule has 0 saturated carbocycles. The number of nitrogen functional groups attached to an aromatic ring is 1. The van der Waals surface area contributed by atoms with Gasteiger partial charge in [0.25, 0.3) is 0 Å². The van der Waals surface area contributed by atoms with Crippen LogP contribution in [0.1, 0.15) is 18.3 Å². The lowest BCUT2D eigenvalue weighted by Crippen LogP contribution is -2.20. The van der Waals surface area contributed by atoms with Gasteiger partial charge in [-0.2, -0.15) is 10.2 Å². The molecule has 0 aliphatic carbocycles. The second-order valence-electron chi connectivity index (χ2n) is 5.12. The SMILES string of the molecule is Cc1nn2c(c1N(F)c1cc(N)ccc1F)C=N[C@H](C)C2. The quantitative estimate of drug-likeness (QED) is 0.683. The van der Waals surface area contributed by atoms with Crippen LogP contribution in [-0.2, 0) is 6.54 Å². The minimum atomic E-state index is -0.688. The lowest BCUT2D eigenvalue weighted by molar-refractivity contribution is 0.486. The zero-order chi connectivity index (χ0) is 15.1. The van der Waals surface area contributed by atoms with Gasteiger partial charge in [0.05, 0.1) is 18.3 Å². The summed E-state index contributed by atoms with van der Waals surface area (Å²) in [5.74, 6) is -0.688. The van der Waals surface area contributed by atoms with Gasteiger partial charge in [-0.05, 0) is 32.0 Å². The van der Waals surface area contributed by atoms with E-state index >= 15 is 0 Å². The minimum Gasteiger partial charge on any atom is -0.399 e. The van der Waals surface area contributed by atoms with Gasteiger partial charge in [-0.1, -0.05) is 4.48 Å². The lowest BCUT2D eigenvalue weighted by atomic mass is 10.2. The van der Waals surface area contributed by atoms with Gasteiger partial charge in [0.15, 0.2) is 0 Å². The molecule has 2 aromatic rings. The molecular weight excluding hydrogens is 276 g/mol. The van der Waals surface area contributed by atoms with Crippen LogP contribution in [0.4, 0.5) is 25.9 Å². The topological polar surface area (TPSA) is 59.4 Å². The third-order valence-electron chi connectivity index (χ3n) is 3.40. The summed E-state index contributed by atoms with van der Waals surface area (Å²) in [6.45, 7) is 4.19. The van der Waals surface area contributed by atoms with Crippen molar-refractivity contribution in [3.63, 3.8) is 0 Å². The normalized spacial score (nSPS) is 16.9. The Bertz CT molecular complexity index is 722. The number of hydrogen-bond donors (Lipinski definition) is 1. The van der Waals surface area contributed by atoms with Crippen molar-refractivity contribution in [3.8, 4) is 0 Å². The van der Waals surface area contributed by atoms with Crippen LogP contribution in [0.5, 0.6) is 0 Å². The Morgan fingerprint density at radius 2 is 2.19 bits per heavy atom. The van der Waals surface area contributed by atoms with E-state index < -0.39 is 5.82 Å². The molecule has 0 radical (unpaired) electrons. The molecule has 0 amide bonds. The molecule has 5 nitrogen and oxygen atoms in total. The third-order valence-corrected chi connectivity index (χ3v) is 3.40. The van der Waals surface area contributed by atoms with E-state index in [-0.39, 0.29) is 28.2 Å². The number of nitrogens with two attached hydrogens (primary N) is 1. The predicted molar refractivity (Wildman–Crippen MR) is 78.1 cm³/mol. The van der Waals surface area contributed by atoms with Crippen LogP contribution in [0.15, 0.2) is 23.2 Å². The molecule has 0 saturated heterocycles. The molecule has 0 fully saturated rings. The average Bonchev–Trinajstić information content (AvgIpc) is 2.75. The first-order valence-electron chi connectivity index (χ1n) is 6.59. The van der Waals surface area contributed by atoms with Gasteiger partial charge >= 0.3 is 0 Å². The van der Waals surface area contributed by atoms with Gasteiger partial charge in [-0.15, -0.1) is 0 Å². The number of halogens is 2. The van der Waals surface area contributed by atoms with Crippen molar-refractivity contribution in [3.05, 3.63) is 35.4 Å². The Balaban J connectivity index is 2.10. The first-order valence-corrected chi connectivity index (χ1v) is 6.59. The van der Waals surface area contributed by atoms with Gasteiger partial charge in [0, 0.05) is 11.9 Å². The van der Waals surface area contributed by atoms with Gasteiger partial charge in [-0.25, -0.2) is 4.39 Å². The fourth-order valence-corrected chi connectivity index (χ4v) is 2.40. The molecular formula is C14H15F2N5. The van der Waals surface area contributed by atoms with Crippen molar-refractivity contribution in [2.45, 2.75) is 26.4 Å². The summed E-state index contributed by atoms with van der Waals surface area (Å²) in [6, 6.07) is 3.86. The zero-order valence-electron chi connectivity index (χ0n) is 11.7. The smallest absolute Gasteiger partial charge is 0.149 e. The molecule has 21 heavy (non-hydrogen) atoms. The van der Waals surface area contributed by atoms with Crippen molar-refractivity contribution in [2.24, 2.45) is 4.99 Å². The van der Waals surface area contributed by atoms with Gasteiger partial charge in [0.2, 0.25) is 0 Å². The van der Waals surface area contributed by atoms with Crippen LogP contribution in [0, 0.1) is 12.7 Å². The summed E-state index contributed by atoms with van der Waals surface area (Å²) >= 11 is 0. The fourth-order valence-electron chi connectivity index (χ4n) is 2.40. The number of anilines is 3. The number of aryl methyl sites for hydroxylation is 1. The summed E-state index contributed by atoms with van der Waals surface area (Å²) in [7, 11) is 0. The number of fused-ring (bicyclic) bond motifs is 1. The largest absolute Gasteiger partial charge is 0.399 e. The summed E-state index contributed by atoms with van der Waals surface area (Å²) < 4.78 is 30.2. The molecule has 0 bridgehead atoms. The molecule has 2 heterocycles. The van der Waals surface area contributed by atoms with Crippen molar-refractivity contribution < 1.29 is 8.87 Å². The molecule has 110 valence electrons. The Morgan fingerprint density at radius 3 is 2.95 bits per heavy atom. The fraction of sp³-hybridized carbons (Fsp3) is 0.286. The Kier molecular flexibility index (Phi) is 3.12. The molecule has 1 aromatic carbocycles. The van der Waals surface area contributed by atoms with E-state index in [0.717, 1.165) is 6.07 Å².